The van der Waals surface area contributed by atoms with E-state index in [0.717, 1.165) is 23.6 Å². The third-order valence-electron chi connectivity index (χ3n) is 6.05. The molecule has 5 nitrogen and oxygen atoms in total. The third-order valence-corrected chi connectivity index (χ3v) is 6.05. The van der Waals surface area contributed by atoms with Crippen molar-refractivity contribution in [2.24, 2.45) is 0 Å². The van der Waals surface area contributed by atoms with Crippen molar-refractivity contribution in [1.29, 1.82) is 0 Å². The van der Waals surface area contributed by atoms with E-state index in [1.54, 1.807) is 23.1 Å². The van der Waals surface area contributed by atoms with E-state index < -0.39 is 30.3 Å². The molecule has 1 aliphatic heterocycles. The molecular formula is C25H29F3N2O3. The van der Waals surface area contributed by atoms with Crippen LogP contribution in [-0.4, -0.2) is 43.6 Å². The summed E-state index contributed by atoms with van der Waals surface area (Å²) >= 11 is 0. The molecule has 1 heterocycles. The van der Waals surface area contributed by atoms with Gasteiger partial charge < -0.3 is 15.2 Å². The first-order chi connectivity index (χ1) is 15.5. The molecule has 33 heavy (non-hydrogen) atoms. The van der Waals surface area contributed by atoms with Crippen LogP contribution in [0.5, 0.6) is 5.75 Å². The molecule has 0 unspecified atom stereocenters. The average Bonchev–Trinajstić information content (AvgIpc) is 2.75. The standard InChI is InChI=1S/C25H29F3N2O3/c1-14-10-18-15(2)20(29)8-7-17(18)24(30(14)13-25(3,27)28)23-19(26)11-16(12-21(23)32-4)6-9-22(31)33-5/h6-9,11-12,14,24H,10,13,29H2,1-5H3/b9-6+/t14-,24+/m1/s1. The van der Waals surface area contributed by atoms with Crippen LogP contribution >= 0.6 is 0 Å². The predicted molar refractivity (Wildman–Crippen MR) is 122 cm³/mol. The molecule has 2 N–H and O–H groups in total. The molecule has 0 aliphatic carbocycles. The highest BCUT2D eigenvalue weighted by atomic mass is 19.3. The Morgan fingerprint density at radius 1 is 1.30 bits per heavy atom. The Labute approximate surface area is 192 Å². The lowest BCUT2D eigenvalue weighted by Crippen LogP contribution is -2.48. The summed E-state index contributed by atoms with van der Waals surface area (Å²) < 4.78 is 54.1. The van der Waals surface area contributed by atoms with Gasteiger partial charge in [0, 0.05) is 24.7 Å². The quantitative estimate of drug-likeness (QED) is 0.376. The number of alkyl halides is 2. The molecule has 0 bridgehead atoms. The van der Waals surface area contributed by atoms with Crippen molar-refractivity contribution in [1.82, 2.24) is 4.90 Å². The minimum absolute atomic E-state index is 0.161. The Morgan fingerprint density at radius 3 is 2.61 bits per heavy atom. The molecular weight excluding hydrogens is 433 g/mol. The van der Waals surface area contributed by atoms with Gasteiger partial charge in [0.1, 0.15) is 11.6 Å². The molecule has 0 saturated heterocycles. The van der Waals surface area contributed by atoms with Crippen molar-refractivity contribution in [3.63, 3.8) is 0 Å². The number of nitrogens with zero attached hydrogens (tertiary/aromatic N) is 1. The molecule has 0 aromatic heterocycles. The summed E-state index contributed by atoms with van der Waals surface area (Å²) in [4.78, 5) is 13.0. The van der Waals surface area contributed by atoms with Gasteiger partial charge in [-0.05, 0) is 66.8 Å². The maximum absolute atomic E-state index is 15.6. The van der Waals surface area contributed by atoms with E-state index in [1.165, 1.54) is 32.4 Å². The van der Waals surface area contributed by atoms with Crippen LogP contribution in [0.2, 0.25) is 0 Å². The summed E-state index contributed by atoms with van der Waals surface area (Å²) in [5, 5.41) is 0. The SMILES string of the molecule is COC(=O)/C=C/c1cc(F)c([C@@H]2c3ccc(N)c(C)c3C[C@@H](C)N2CC(C)(F)F)c(OC)c1. The first-order valence-electron chi connectivity index (χ1n) is 10.6. The van der Waals surface area contributed by atoms with E-state index in [4.69, 9.17) is 10.5 Å². The second-order valence-electron chi connectivity index (χ2n) is 8.52. The van der Waals surface area contributed by atoms with Crippen molar-refractivity contribution in [3.8, 4) is 5.75 Å². The normalized spacial score (nSPS) is 18.9. The van der Waals surface area contributed by atoms with Crippen LogP contribution in [0.15, 0.2) is 30.3 Å². The van der Waals surface area contributed by atoms with Crippen molar-refractivity contribution in [2.45, 2.75) is 45.2 Å². The Morgan fingerprint density at radius 2 is 2.00 bits per heavy atom. The predicted octanol–water partition coefficient (Wildman–Crippen LogP) is 4.90. The number of benzene rings is 2. The molecule has 2 atom stereocenters. The molecule has 2 aromatic rings. The fourth-order valence-electron chi connectivity index (χ4n) is 4.43. The van der Waals surface area contributed by atoms with E-state index >= 15 is 4.39 Å². The van der Waals surface area contributed by atoms with E-state index in [1.807, 2.05) is 13.8 Å². The minimum Gasteiger partial charge on any atom is -0.496 e. The summed E-state index contributed by atoms with van der Waals surface area (Å²) in [5.41, 5.74) is 9.76. The van der Waals surface area contributed by atoms with Crippen LogP contribution in [0.25, 0.3) is 6.08 Å². The van der Waals surface area contributed by atoms with Crippen molar-refractivity contribution < 1.29 is 27.4 Å². The molecule has 0 radical (unpaired) electrons. The highest BCUT2D eigenvalue weighted by Crippen LogP contribution is 2.45. The van der Waals surface area contributed by atoms with Gasteiger partial charge in [0.15, 0.2) is 0 Å². The van der Waals surface area contributed by atoms with E-state index in [9.17, 15) is 13.6 Å². The summed E-state index contributed by atoms with van der Waals surface area (Å²) in [7, 11) is 2.64. The Hall–Kier alpha value is -3.00. The zero-order chi connectivity index (χ0) is 24.5. The van der Waals surface area contributed by atoms with Crippen LogP contribution in [0.4, 0.5) is 18.9 Å². The van der Waals surface area contributed by atoms with Crippen LogP contribution in [-0.2, 0) is 16.0 Å². The number of nitrogens with two attached hydrogens (primary N) is 1. The summed E-state index contributed by atoms with van der Waals surface area (Å²) in [6.07, 6.45) is 3.09. The first kappa shape index (κ1) is 24.6. The molecule has 0 spiro atoms. The van der Waals surface area contributed by atoms with Gasteiger partial charge in [0.2, 0.25) is 0 Å². The van der Waals surface area contributed by atoms with Gasteiger partial charge in [-0.15, -0.1) is 0 Å². The van der Waals surface area contributed by atoms with Crippen LogP contribution < -0.4 is 10.5 Å². The molecule has 3 rings (SSSR count). The number of carbonyl (C=O) groups is 1. The van der Waals surface area contributed by atoms with Crippen LogP contribution in [0.3, 0.4) is 0 Å². The zero-order valence-corrected chi connectivity index (χ0v) is 19.4. The Kier molecular flexibility index (Phi) is 7.07. The smallest absolute Gasteiger partial charge is 0.330 e. The molecule has 8 heteroatoms. The van der Waals surface area contributed by atoms with Gasteiger partial charge in [-0.1, -0.05) is 6.07 Å². The summed E-state index contributed by atoms with van der Waals surface area (Å²) in [6, 6.07) is 5.22. The average molecular weight is 463 g/mol. The highest BCUT2D eigenvalue weighted by Gasteiger charge is 2.41. The van der Waals surface area contributed by atoms with Gasteiger partial charge in [0.25, 0.3) is 5.92 Å². The monoisotopic (exact) mass is 462 g/mol. The zero-order valence-electron chi connectivity index (χ0n) is 19.4. The number of rotatable bonds is 6. The number of nitrogen functional groups attached to an aromatic ring is 1. The van der Waals surface area contributed by atoms with Gasteiger partial charge >= 0.3 is 5.97 Å². The Balaban J connectivity index is 2.23. The molecule has 0 amide bonds. The van der Waals surface area contributed by atoms with Gasteiger partial charge in [-0.25, -0.2) is 18.0 Å². The van der Waals surface area contributed by atoms with Gasteiger partial charge in [-0.3, -0.25) is 4.90 Å². The number of carbonyl (C=O) groups excluding carboxylic acids is 1. The molecule has 0 saturated carbocycles. The van der Waals surface area contributed by atoms with E-state index in [2.05, 4.69) is 4.74 Å². The maximum Gasteiger partial charge on any atom is 0.330 e. The molecule has 0 fully saturated rings. The fourth-order valence-corrected chi connectivity index (χ4v) is 4.43. The van der Waals surface area contributed by atoms with Gasteiger partial charge in [0.05, 0.1) is 32.4 Å². The number of hydrogen-bond donors (Lipinski definition) is 1. The number of halogens is 3. The van der Waals surface area contributed by atoms with Crippen molar-refractivity contribution in [2.75, 3.05) is 26.5 Å². The topological polar surface area (TPSA) is 64.8 Å². The van der Waals surface area contributed by atoms with E-state index in [-0.39, 0.29) is 17.4 Å². The third kappa shape index (κ3) is 5.16. The second-order valence-corrected chi connectivity index (χ2v) is 8.52. The highest BCUT2D eigenvalue weighted by molar-refractivity contribution is 5.87. The Bertz CT molecular complexity index is 1080. The minimum atomic E-state index is -2.99. The summed E-state index contributed by atoms with van der Waals surface area (Å²) in [5.74, 6) is -4.00. The second kappa shape index (κ2) is 9.47. The van der Waals surface area contributed by atoms with Crippen molar-refractivity contribution >= 4 is 17.7 Å². The maximum atomic E-state index is 15.6. The lowest BCUT2D eigenvalue weighted by Gasteiger charge is -2.44. The fraction of sp³-hybridized carbons (Fsp3) is 0.400. The lowest BCUT2D eigenvalue weighted by molar-refractivity contribution is -0.134. The molecule has 178 valence electrons. The molecule has 1 aliphatic rings. The summed E-state index contributed by atoms with van der Waals surface area (Å²) in [6.45, 7) is 4.04. The van der Waals surface area contributed by atoms with Crippen LogP contribution in [0, 0.1) is 12.7 Å². The number of hydrogen-bond acceptors (Lipinski definition) is 5. The number of esters is 1. The number of methoxy groups -OCH3 is 2. The number of fused-ring (bicyclic) bond motifs is 1. The van der Waals surface area contributed by atoms with Crippen molar-refractivity contribution in [3.05, 3.63) is 64.0 Å². The van der Waals surface area contributed by atoms with E-state index in [0.29, 0.717) is 17.7 Å². The largest absolute Gasteiger partial charge is 0.496 e. The lowest BCUT2D eigenvalue weighted by atomic mass is 9.81. The first-order valence-corrected chi connectivity index (χ1v) is 10.6. The number of anilines is 1. The van der Waals surface area contributed by atoms with Crippen LogP contribution in [0.1, 0.15) is 47.7 Å². The van der Waals surface area contributed by atoms with Gasteiger partial charge in [-0.2, -0.15) is 0 Å². The number of ether oxygens (including phenoxy) is 2. The molecule has 2 aromatic carbocycles.